The van der Waals surface area contributed by atoms with Crippen LogP contribution in [0.5, 0.6) is 0 Å². The lowest BCUT2D eigenvalue weighted by molar-refractivity contribution is 0.163. The van der Waals surface area contributed by atoms with Crippen molar-refractivity contribution in [1.29, 1.82) is 0 Å². The Hall–Kier alpha value is -1.94. The molecule has 2 aromatic rings. The highest BCUT2D eigenvalue weighted by molar-refractivity contribution is 5.44. The fourth-order valence-electron chi connectivity index (χ4n) is 3.07. The second-order valence-corrected chi connectivity index (χ2v) is 6.08. The summed E-state index contributed by atoms with van der Waals surface area (Å²) in [5.74, 6) is 0.353. The van der Waals surface area contributed by atoms with Gasteiger partial charge in [-0.3, -0.25) is 9.88 Å². The predicted molar refractivity (Wildman–Crippen MR) is 87.1 cm³/mol. The van der Waals surface area contributed by atoms with Gasteiger partial charge in [0.25, 0.3) is 0 Å². The number of nitrogens with zero attached hydrogens (tertiary/aromatic N) is 2. The molecule has 1 aliphatic heterocycles. The van der Waals surface area contributed by atoms with Crippen molar-refractivity contribution in [2.45, 2.75) is 25.9 Å². The Balaban J connectivity index is 1.54. The van der Waals surface area contributed by atoms with E-state index >= 15 is 0 Å². The topological polar surface area (TPSA) is 28.2 Å². The highest BCUT2D eigenvalue weighted by atomic mass is 19.1. The third-order valence-electron chi connectivity index (χ3n) is 4.30. The lowest BCUT2D eigenvalue weighted by Crippen LogP contribution is -2.44. The van der Waals surface area contributed by atoms with Crippen molar-refractivity contribution in [3.63, 3.8) is 0 Å². The van der Waals surface area contributed by atoms with Crippen molar-refractivity contribution in [3.8, 4) is 0 Å². The molecule has 0 bridgehead atoms. The van der Waals surface area contributed by atoms with Crippen molar-refractivity contribution >= 4 is 5.69 Å². The van der Waals surface area contributed by atoms with Gasteiger partial charge in [0.05, 0.1) is 5.69 Å². The number of nitrogens with one attached hydrogen (secondary N) is 1. The maximum Gasteiger partial charge on any atom is 0.123 e. The summed E-state index contributed by atoms with van der Waals surface area (Å²) in [6.07, 6.45) is 2.94. The van der Waals surface area contributed by atoms with Crippen LogP contribution in [0.3, 0.4) is 0 Å². The van der Waals surface area contributed by atoms with Gasteiger partial charge < -0.3 is 5.32 Å². The molecular formula is C18H22FN3. The number of hydrogen-bond donors (Lipinski definition) is 1. The number of pyridine rings is 1. The Kier molecular flexibility index (Phi) is 4.68. The van der Waals surface area contributed by atoms with Crippen LogP contribution < -0.4 is 5.32 Å². The summed E-state index contributed by atoms with van der Waals surface area (Å²) < 4.78 is 13.0. The third kappa shape index (κ3) is 3.83. The van der Waals surface area contributed by atoms with Gasteiger partial charge in [0.15, 0.2) is 0 Å². The van der Waals surface area contributed by atoms with Crippen LogP contribution in [-0.4, -0.2) is 29.0 Å². The molecule has 1 N–H and O–H groups in total. The molecule has 0 amide bonds. The van der Waals surface area contributed by atoms with E-state index in [0.29, 0.717) is 12.0 Å². The molecule has 1 fully saturated rings. The molecule has 2 unspecified atom stereocenters. The lowest BCUT2D eigenvalue weighted by Gasteiger charge is -2.37. The van der Waals surface area contributed by atoms with Crippen molar-refractivity contribution in [2.24, 2.45) is 5.92 Å². The summed E-state index contributed by atoms with van der Waals surface area (Å²) in [5, 5.41) is 3.53. The number of likely N-dealkylation sites (tertiary alicyclic amines) is 1. The normalized spacial score (nSPS) is 22.5. The molecule has 4 heteroatoms. The van der Waals surface area contributed by atoms with Crippen LogP contribution >= 0.6 is 0 Å². The standard InChI is InChI=1S/C18H22FN3/c1-14-12-22(13-17-4-2-3-10-20-17)11-9-18(14)21-16-7-5-15(19)6-8-16/h2-8,10,14,18,21H,9,11-13H2,1H3. The van der Waals surface area contributed by atoms with E-state index in [9.17, 15) is 4.39 Å². The van der Waals surface area contributed by atoms with Crippen LogP contribution in [0.15, 0.2) is 48.7 Å². The molecule has 1 aromatic carbocycles. The van der Waals surface area contributed by atoms with Gasteiger partial charge in [-0.1, -0.05) is 13.0 Å². The quantitative estimate of drug-likeness (QED) is 0.936. The first-order valence-electron chi connectivity index (χ1n) is 7.85. The molecule has 2 heterocycles. The second-order valence-electron chi connectivity index (χ2n) is 6.08. The zero-order valence-electron chi connectivity index (χ0n) is 12.9. The summed E-state index contributed by atoms with van der Waals surface area (Å²) in [5.41, 5.74) is 2.12. The minimum Gasteiger partial charge on any atom is -0.382 e. The molecular weight excluding hydrogens is 277 g/mol. The fourth-order valence-corrected chi connectivity index (χ4v) is 3.07. The molecule has 116 valence electrons. The van der Waals surface area contributed by atoms with Gasteiger partial charge in [0, 0.05) is 37.6 Å². The first kappa shape index (κ1) is 15.0. The maximum atomic E-state index is 13.0. The van der Waals surface area contributed by atoms with Gasteiger partial charge in [-0.05, 0) is 48.7 Å². The Labute approximate surface area is 131 Å². The summed E-state index contributed by atoms with van der Waals surface area (Å²) in [6.45, 7) is 5.29. The molecule has 0 radical (unpaired) electrons. The molecule has 0 spiro atoms. The van der Waals surface area contributed by atoms with Gasteiger partial charge in [-0.25, -0.2) is 4.39 Å². The number of hydrogen-bond acceptors (Lipinski definition) is 3. The Morgan fingerprint density at radius 3 is 2.73 bits per heavy atom. The Bertz CT molecular complexity index is 585. The first-order valence-corrected chi connectivity index (χ1v) is 7.85. The predicted octanol–water partition coefficient (Wildman–Crippen LogP) is 3.54. The minimum absolute atomic E-state index is 0.191. The monoisotopic (exact) mass is 299 g/mol. The van der Waals surface area contributed by atoms with Gasteiger partial charge in [0.2, 0.25) is 0 Å². The number of halogens is 1. The van der Waals surface area contributed by atoms with E-state index in [1.54, 1.807) is 0 Å². The van der Waals surface area contributed by atoms with E-state index in [4.69, 9.17) is 0 Å². The molecule has 1 aromatic heterocycles. The number of piperidine rings is 1. The summed E-state index contributed by atoms with van der Waals surface area (Å²) in [6, 6.07) is 13.1. The van der Waals surface area contributed by atoms with Crippen molar-refractivity contribution in [2.75, 3.05) is 18.4 Å². The maximum absolute atomic E-state index is 13.0. The Morgan fingerprint density at radius 2 is 2.05 bits per heavy atom. The average Bonchev–Trinajstić information content (AvgIpc) is 2.53. The zero-order valence-corrected chi connectivity index (χ0v) is 12.9. The van der Waals surface area contributed by atoms with E-state index in [1.807, 2.05) is 30.5 Å². The number of rotatable bonds is 4. The van der Waals surface area contributed by atoms with Crippen LogP contribution in [0.4, 0.5) is 10.1 Å². The SMILES string of the molecule is CC1CN(Cc2ccccn2)CCC1Nc1ccc(F)cc1. The number of anilines is 1. The van der Waals surface area contributed by atoms with E-state index in [2.05, 4.69) is 28.2 Å². The van der Waals surface area contributed by atoms with E-state index in [0.717, 1.165) is 37.4 Å². The Morgan fingerprint density at radius 1 is 1.23 bits per heavy atom. The van der Waals surface area contributed by atoms with Gasteiger partial charge >= 0.3 is 0 Å². The van der Waals surface area contributed by atoms with Crippen molar-refractivity contribution in [3.05, 3.63) is 60.2 Å². The second kappa shape index (κ2) is 6.88. The smallest absolute Gasteiger partial charge is 0.123 e. The summed E-state index contributed by atoms with van der Waals surface area (Å²) >= 11 is 0. The highest BCUT2D eigenvalue weighted by Crippen LogP contribution is 2.22. The molecule has 2 atom stereocenters. The van der Waals surface area contributed by atoms with Gasteiger partial charge in [0.1, 0.15) is 5.82 Å². The number of aromatic nitrogens is 1. The molecule has 1 saturated heterocycles. The highest BCUT2D eigenvalue weighted by Gasteiger charge is 2.26. The zero-order chi connectivity index (χ0) is 15.4. The molecule has 22 heavy (non-hydrogen) atoms. The fraction of sp³-hybridized carbons (Fsp3) is 0.389. The molecule has 1 aliphatic rings. The van der Waals surface area contributed by atoms with E-state index in [-0.39, 0.29) is 5.82 Å². The molecule has 3 rings (SSSR count). The molecule has 3 nitrogen and oxygen atoms in total. The third-order valence-corrected chi connectivity index (χ3v) is 4.30. The van der Waals surface area contributed by atoms with Crippen LogP contribution in [-0.2, 0) is 6.54 Å². The largest absolute Gasteiger partial charge is 0.382 e. The minimum atomic E-state index is -0.191. The van der Waals surface area contributed by atoms with Gasteiger partial charge in [-0.2, -0.15) is 0 Å². The van der Waals surface area contributed by atoms with Crippen LogP contribution in [0.2, 0.25) is 0 Å². The van der Waals surface area contributed by atoms with Crippen LogP contribution in [0, 0.1) is 11.7 Å². The van der Waals surface area contributed by atoms with Crippen molar-refractivity contribution in [1.82, 2.24) is 9.88 Å². The summed E-state index contributed by atoms with van der Waals surface area (Å²) in [4.78, 5) is 6.85. The molecule has 0 aliphatic carbocycles. The van der Waals surface area contributed by atoms with Crippen LogP contribution in [0.25, 0.3) is 0 Å². The van der Waals surface area contributed by atoms with Crippen LogP contribution in [0.1, 0.15) is 19.0 Å². The molecule has 0 saturated carbocycles. The summed E-state index contributed by atoms with van der Waals surface area (Å²) in [7, 11) is 0. The average molecular weight is 299 g/mol. The number of benzene rings is 1. The lowest BCUT2D eigenvalue weighted by atomic mass is 9.93. The van der Waals surface area contributed by atoms with E-state index in [1.165, 1.54) is 12.1 Å². The van der Waals surface area contributed by atoms with E-state index < -0.39 is 0 Å². The van der Waals surface area contributed by atoms with Crippen molar-refractivity contribution < 1.29 is 4.39 Å². The van der Waals surface area contributed by atoms with Gasteiger partial charge in [-0.15, -0.1) is 0 Å². The first-order chi connectivity index (χ1) is 10.7.